The summed E-state index contributed by atoms with van der Waals surface area (Å²) in [7, 11) is 1.30. The van der Waals surface area contributed by atoms with E-state index in [1.807, 2.05) is 0 Å². The molecule has 0 unspecified atom stereocenters. The molecule has 0 heterocycles. The average molecular weight is 380 g/mol. The van der Waals surface area contributed by atoms with Gasteiger partial charge in [-0.1, -0.05) is 36.9 Å². The first kappa shape index (κ1) is 20.6. The molecule has 0 N–H and O–H groups in total. The fourth-order valence-corrected chi connectivity index (χ4v) is 2.12. The number of carbonyl (C=O) groups is 3. The van der Waals surface area contributed by atoms with Gasteiger partial charge in [0.15, 0.2) is 0 Å². The maximum absolute atomic E-state index is 11.9. The minimum absolute atomic E-state index is 0.0952. The van der Waals surface area contributed by atoms with Crippen molar-refractivity contribution < 1.29 is 28.6 Å². The Bertz CT molecular complexity index is 863. The average Bonchev–Trinajstić information content (AvgIpc) is 2.72. The zero-order valence-electron chi connectivity index (χ0n) is 15.4. The lowest BCUT2D eigenvalue weighted by Gasteiger charge is -2.06. The van der Waals surface area contributed by atoms with Gasteiger partial charge in [-0.15, -0.1) is 0 Å². The molecule has 0 atom stereocenters. The van der Waals surface area contributed by atoms with Crippen LogP contribution < -0.4 is 9.47 Å². The smallest absolute Gasteiger partial charge is 0.330 e. The predicted octanol–water partition coefficient (Wildman–Crippen LogP) is 3.81. The van der Waals surface area contributed by atoms with Crippen molar-refractivity contribution in [3.8, 4) is 11.5 Å². The van der Waals surface area contributed by atoms with Crippen LogP contribution in [0.2, 0.25) is 0 Å². The van der Waals surface area contributed by atoms with E-state index >= 15 is 0 Å². The van der Waals surface area contributed by atoms with Gasteiger partial charge >= 0.3 is 17.9 Å². The van der Waals surface area contributed by atoms with Crippen LogP contribution in [-0.4, -0.2) is 25.0 Å². The molecule has 0 aromatic heterocycles. The lowest BCUT2D eigenvalue weighted by molar-refractivity contribution is -0.140. The molecule has 2 aromatic rings. The highest BCUT2D eigenvalue weighted by Gasteiger charge is 2.11. The van der Waals surface area contributed by atoms with Crippen molar-refractivity contribution in [2.24, 2.45) is 0 Å². The lowest BCUT2D eigenvalue weighted by atomic mass is 10.2. The third-order valence-electron chi connectivity index (χ3n) is 3.61. The third-order valence-corrected chi connectivity index (χ3v) is 3.61. The molecule has 0 bridgehead atoms. The number of hydrogen-bond donors (Lipinski definition) is 0. The number of hydrogen-bond acceptors (Lipinski definition) is 6. The second-order valence-corrected chi connectivity index (χ2v) is 5.65. The van der Waals surface area contributed by atoms with E-state index in [-0.39, 0.29) is 12.8 Å². The van der Waals surface area contributed by atoms with Gasteiger partial charge in [0.2, 0.25) is 0 Å². The summed E-state index contributed by atoms with van der Waals surface area (Å²) in [5.74, 6) is -0.782. The largest absolute Gasteiger partial charge is 0.466 e. The fraction of sp³-hybridized carbons (Fsp3) is 0.136. The van der Waals surface area contributed by atoms with Crippen molar-refractivity contribution in [3.63, 3.8) is 0 Å². The van der Waals surface area contributed by atoms with Crippen LogP contribution in [0.25, 0.3) is 12.2 Å². The van der Waals surface area contributed by atoms with E-state index in [4.69, 9.17) is 9.47 Å². The molecule has 0 saturated carbocycles. The Hall–Kier alpha value is -3.67. The number of benzene rings is 2. The van der Waals surface area contributed by atoms with Gasteiger partial charge in [0.05, 0.1) is 20.0 Å². The maximum atomic E-state index is 11.9. The molecule has 2 rings (SSSR count). The summed E-state index contributed by atoms with van der Waals surface area (Å²) in [6, 6.07) is 13.4. The van der Waals surface area contributed by atoms with Crippen molar-refractivity contribution in [2.75, 3.05) is 7.11 Å². The first-order valence-corrected chi connectivity index (χ1v) is 8.50. The summed E-state index contributed by atoms with van der Waals surface area (Å²) in [6.45, 7) is 3.65. The fourth-order valence-electron chi connectivity index (χ4n) is 2.12. The van der Waals surface area contributed by atoms with Gasteiger partial charge in [-0.25, -0.2) is 4.79 Å². The molecular formula is C22H20O6. The summed E-state index contributed by atoms with van der Waals surface area (Å²) in [5.41, 5.74) is 1.66. The molecule has 0 aliphatic carbocycles. The molecule has 0 saturated heterocycles. The molecule has 0 fully saturated rings. The van der Waals surface area contributed by atoms with Crippen molar-refractivity contribution in [2.45, 2.75) is 12.8 Å². The molecule has 2 aromatic carbocycles. The molecule has 28 heavy (non-hydrogen) atoms. The minimum atomic E-state index is -0.545. The maximum Gasteiger partial charge on any atom is 0.330 e. The minimum Gasteiger partial charge on any atom is -0.466 e. The molecule has 0 amide bonds. The highest BCUT2D eigenvalue weighted by Crippen LogP contribution is 2.16. The highest BCUT2D eigenvalue weighted by atomic mass is 16.5. The van der Waals surface area contributed by atoms with E-state index in [1.165, 1.54) is 13.2 Å². The normalized spacial score (nSPS) is 10.3. The second kappa shape index (κ2) is 10.5. The van der Waals surface area contributed by atoms with Gasteiger partial charge in [0.1, 0.15) is 11.5 Å². The Balaban J connectivity index is 1.78. The monoisotopic (exact) mass is 380 g/mol. The number of carbonyl (C=O) groups excluding carboxylic acids is 3. The zero-order chi connectivity index (χ0) is 20.4. The van der Waals surface area contributed by atoms with E-state index < -0.39 is 17.9 Å². The molecule has 0 spiro atoms. The van der Waals surface area contributed by atoms with Crippen LogP contribution in [0, 0.1) is 0 Å². The molecule has 0 aliphatic rings. The summed E-state index contributed by atoms with van der Waals surface area (Å²) in [4.78, 5) is 34.7. The topological polar surface area (TPSA) is 78.9 Å². The summed E-state index contributed by atoms with van der Waals surface area (Å²) in [6.07, 6.45) is 4.35. The van der Waals surface area contributed by atoms with E-state index in [0.29, 0.717) is 11.5 Å². The molecule has 6 nitrogen and oxygen atoms in total. The van der Waals surface area contributed by atoms with Gasteiger partial charge in [0, 0.05) is 6.08 Å². The summed E-state index contributed by atoms with van der Waals surface area (Å²) >= 11 is 0. The number of ether oxygens (including phenoxy) is 3. The molecule has 0 radical (unpaired) electrons. The molecule has 144 valence electrons. The predicted molar refractivity (Wildman–Crippen MR) is 105 cm³/mol. The summed E-state index contributed by atoms with van der Waals surface area (Å²) < 4.78 is 14.8. The molecular weight excluding hydrogens is 360 g/mol. The van der Waals surface area contributed by atoms with Gasteiger partial charge in [0.25, 0.3) is 0 Å². The van der Waals surface area contributed by atoms with Crippen LogP contribution in [0.3, 0.4) is 0 Å². The van der Waals surface area contributed by atoms with E-state index in [9.17, 15) is 14.4 Å². The van der Waals surface area contributed by atoms with Crippen LogP contribution in [0.5, 0.6) is 11.5 Å². The molecule has 0 aliphatic heterocycles. The Morgan fingerprint density at radius 1 is 0.821 bits per heavy atom. The lowest BCUT2D eigenvalue weighted by Crippen LogP contribution is -2.14. The first-order chi connectivity index (χ1) is 13.5. The van der Waals surface area contributed by atoms with Gasteiger partial charge in [-0.3, -0.25) is 9.59 Å². The Morgan fingerprint density at radius 3 is 1.71 bits per heavy atom. The highest BCUT2D eigenvalue weighted by molar-refractivity contribution is 5.87. The summed E-state index contributed by atoms with van der Waals surface area (Å²) in [5, 5.41) is 0. The van der Waals surface area contributed by atoms with E-state index in [0.717, 1.165) is 11.1 Å². The Kier molecular flexibility index (Phi) is 7.72. The van der Waals surface area contributed by atoms with Crippen molar-refractivity contribution in [1.82, 2.24) is 0 Å². The van der Waals surface area contributed by atoms with Crippen molar-refractivity contribution >= 4 is 30.1 Å². The van der Waals surface area contributed by atoms with E-state index in [2.05, 4.69) is 11.3 Å². The quantitative estimate of drug-likeness (QED) is 0.394. The van der Waals surface area contributed by atoms with Crippen molar-refractivity contribution in [1.29, 1.82) is 0 Å². The van der Waals surface area contributed by atoms with Crippen LogP contribution >= 0.6 is 0 Å². The standard InChI is InChI=1S/C22H20O6/c1-3-16-4-9-18(10-5-16)27-21(24)14-15-22(25)28-19-11-6-17(7-12-19)8-13-20(23)26-2/h3-13H,1,14-15H2,2H3/b13-8+. The van der Waals surface area contributed by atoms with Crippen LogP contribution in [0.4, 0.5) is 0 Å². The number of esters is 3. The third kappa shape index (κ3) is 6.92. The van der Waals surface area contributed by atoms with Crippen LogP contribution in [0.1, 0.15) is 24.0 Å². The van der Waals surface area contributed by atoms with Crippen LogP contribution in [0.15, 0.2) is 61.2 Å². The SMILES string of the molecule is C=Cc1ccc(OC(=O)CCC(=O)Oc2ccc(/C=C/C(=O)OC)cc2)cc1. The Morgan fingerprint density at radius 2 is 1.29 bits per heavy atom. The van der Waals surface area contributed by atoms with E-state index in [1.54, 1.807) is 60.7 Å². The Labute approximate surface area is 163 Å². The number of methoxy groups -OCH3 is 1. The van der Waals surface area contributed by atoms with Crippen molar-refractivity contribution in [3.05, 3.63) is 72.3 Å². The van der Waals surface area contributed by atoms with Gasteiger partial charge in [-0.05, 0) is 41.5 Å². The zero-order valence-corrected chi connectivity index (χ0v) is 15.4. The second-order valence-electron chi connectivity index (χ2n) is 5.65. The first-order valence-electron chi connectivity index (χ1n) is 8.50. The number of rotatable bonds is 8. The molecule has 6 heteroatoms. The van der Waals surface area contributed by atoms with Gasteiger partial charge in [-0.2, -0.15) is 0 Å². The van der Waals surface area contributed by atoms with Gasteiger partial charge < -0.3 is 14.2 Å². The van der Waals surface area contributed by atoms with Crippen LogP contribution in [-0.2, 0) is 19.1 Å².